The minimum Gasteiger partial charge on any atom is -0.383 e. The molecule has 5 heteroatoms. The largest absolute Gasteiger partial charge is 0.383 e. The van der Waals surface area contributed by atoms with Crippen molar-refractivity contribution in [2.75, 3.05) is 20.3 Å². The summed E-state index contributed by atoms with van der Waals surface area (Å²) in [6, 6.07) is 2.08. The van der Waals surface area contributed by atoms with Crippen LogP contribution in [0.5, 0.6) is 0 Å². The maximum Gasteiger partial charge on any atom is 0.240 e. The monoisotopic (exact) mass is 267 g/mol. The van der Waals surface area contributed by atoms with Crippen LogP contribution >= 0.6 is 0 Å². The fourth-order valence-electron chi connectivity index (χ4n) is 1.88. The lowest BCUT2D eigenvalue weighted by molar-refractivity contribution is -0.122. The quantitative estimate of drug-likeness (QED) is 0.660. The van der Waals surface area contributed by atoms with E-state index < -0.39 is 0 Å². The third-order valence-corrected chi connectivity index (χ3v) is 2.72. The zero-order valence-electron chi connectivity index (χ0n) is 12.1. The Kier molecular flexibility index (Phi) is 7.22. The average molecular weight is 267 g/mol. The normalized spacial score (nSPS) is 12.4. The number of carbonyl (C=O) groups excluding carboxylic acids is 1. The maximum absolute atomic E-state index is 11.8. The number of hydrogen-bond acceptors (Lipinski definition) is 3. The second-order valence-corrected chi connectivity index (χ2v) is 4.79. The summed E-state index contributed by atoms with van der Waals surface area (Å²) in [4.78, 5) is 11.8. The zero-order chi connectivity index (χ0) is 14.1. The maximum atomic E-state index is 11.8. The summed E-state index contributed by atoms with van der Waals surface area (Å²) in [6.45, 7) is 6.81. The first kappa shape index (κ1) is 15.7. The van der Waals surface area contributed by atoms with Gasteiger partial charge in [-0.3, -0.25) is 4.79 Å². The molecule has 2 N–H and O–H groups in total. The van der Waals surface area contributed by atoms with E-state index in [1.54, 1.807) is 7.11 Å². The summed E-state index contributed by atoms with van der Waals surface area (Å²) in [5.74, 6) is 0.00761. The van der Waals surface area contributed by atoms with Crippen molar-refractivity contribution in [1.29, 1.82) is 0 Å². The lowest BCUT2D eigenvalue weighted by Gasteiger charge is -2.12. The first-order valence-electron chi connectivity index (χ1n) is 6.79. The molecular formula is C14H25N3O2. The van der Waals surface area contributed by atoms with E-state index in [1.165, 1.54) is 5.56 Å². The molecule has 1 atom stereocenters. The standard InChI is InChI=1S/C14H25N3O2/c1-4-6-15-8-13-5-7-17(9-13)10-14(18)16-12(2)11-19-3/h5,7,9,12,15H,4,6,8,10-11H2,1-3H3,(H,16,18). The molecule has 1 heterocycles. The van der Waals surface area contributed by atoms with Gasteiger partial charge in [-0.2, -0.15) is 0 Å². The van der Waals surface area contributed by atoms with Crippen LogP contribution in [0, 0.1) is 0 Å². The smallest absolute Gasteiger partial charge is 0.240 e. The van der Waals surface area contributed by atoms with Crippen LogP contribution in [0.3, 0.4) is 0 Å². The van der Waals surface area contributed by atoms with Gasteiger partial charge in [-0.15, -0.1) is 0 Å². The number of nitrogens with one attached hydrogen (secondary N) is 2. The van der Waals surface area contributed by atoms with Crippen LogP contribution in [0.15, 0.2) is 18.5 Å². The third kappa shape index (κ3) is 6.40. The highest BCUT2D eigenvalue weighted by Gasteiger charge is 2.07. The number of carbonyl (C=O) groups is 1. The van der Waals surface area contributed by atoms with Gasteiger partial charge < -0.3 is 19.9 Å². The molecule has 0 aliphatic heterocycles. The third-order valence-electron chi connectivity index (χ3n) is 2.72. The van der Waals surface area contributed by atoms with Gasteiger partial charge in [0.25, 0.3) is 0 Å². The molecule has 0 aliphatic carbocycles. The SMILES string of the molecule is CCCNCc1ccn(CC(=O)NC(C)COC)c1. The summed E-state index contributed by atoms with van der Waals surface area (Å²) in [5.41, 5.74) is 1.20. The van der Waals surface area contributed by atoms with Crippen molar-refractivity contribution in [2.45, 2.75) is 39.4 Å². The molecule has 0 saturated heterocycles. The highest BCUT2D eigenvalue weighted by atomic mass is 16.5. The number of nitrogens with zero attached hydrogens (tertiary/aromatic N) is 1. The van der Waals surface area contributed by atoms with Crippen LogP contribution < -0.4 is 10.6 Å². The lowest BCUT2D eigenvalue weighted by Crippen LogP contribution is -2.37. The molecule has 0 spiro atoms. The van der Waals surface area contributed by atoms with Crippen molar-refractivity contribution in [1.82, 2.24) is 15.2 Å². The van der Waals surface area contributed by atoms with E-state index in [9.17, 15) is 4.79 Å². The molecule has 1 aromatic rings. The van der Waals surface area contributed by atoms with Crippen molar-refractivity contribution in [3.63, 3.8) is 0 Å². The van der Waals surface area contributed by atoms with E-state index >= 15 is 0 Å². The molecule has 1 rings (SSSR count). The van der Waals surface area contributed by atoms with E-state index in [2.05, 4.69) is 17.6 Å². The van der Waals surface area contributed by atoms with E-state index in [4.69, 9.17) is 4.74 Å². The first-order valence-corrected chi connectivity index (χ1v) is 6.79. The molecule has 0 saturated carbocycles. The van der Waals surface area contributed by atoms with Gasteiger partial charge in [-0.25, -0.2) is 0 Å². The Morgan fingerprint density at radius 3 is 3.00 bits per heavy atom. The van der Waals surface area contributed by atoms with Gasteiger partial charge in [0, 0.05) is 32.1 Å². The van der Waals surface area contributed by atoms with Crippen molar-refractivity contribution >= 4 is 5.91 Å². The Balaban J connectivity index is 2.34. The molecule has 108 valence electrons. The van der Waals surface area contributed by atoms with Gasteiger partial charge in [0.2, 0.25) is 5.91 Å². The van der Waals surface area contributed by atoms with Crippen LogP contribution in [0.4, 0.5) is 0 Å². The average Bonchev–Trinajstić information content (AvgIpc) is 2.77. The molecule has 0 bridgehead atoms. The molecule has 0 fully saturated rings. The molecule has 1 amide bonds. The minimum absolute atomic E-state index is 0.00761. The van der Waals surface area contributed by atoms with Crippen LogP contribution in [0.2, 0.25) is 0 Å². The van der Waals surface area contributed by atoms with E-state index in [0.29, 0.717) is 13.2 Å². The summed E-state index contributed by atoms with van der Waals surface area (Å²) < 4.78 is 6.88. The molecule has 0 aromatic carbocycles. The minimum atomic E-state index is 0.00761. The van der Waals surface area contributed by atoms with Crippen LogP contribution in [0.1, 0.15) is 25.8 Å². The Morgan fingerprint density at radius 2 is 2.32 bits per heavy atom. The van der Waals surface area contributed by atoms with Gasteiger partial charge in [-0.05, 0) is 31.5 Å². The number of aromatic nitrogens is 1. The van der Waals surface area contributed by atoms with Crippen LogP contribution in [0.25, 0.3) is 0 Å². The Morgan fingerprint density at radius 1 is 1.53 bits per heavy atom. The number of rotatable bonds is 9. The molecule has 1 aromatic heterocycles. The van der Waals surface area contributed by atoms with Gasteiger partial charge in [0.1, 0.15) is 6.54 Å². The van der Waals surface area contributed by atoms with Crippen LogP contribution in [-0.4, -0.2) is 36.8 Å². The Labute approximate surface area is 115 Å². The van der Waals surface area contributed by atoms with E-state index in [-0.39, 0.29) is 11.9 Å². The zero-order valence-corrected chi connectivity index (χ0v) is 12.1. The van der Waals surface area contributed by atoms with Crippen molar-refractivity contribution < 1.29 is 9.53 Å². The number of ether oxygens (including phenoxy) is 1. The van der Waals surface area contributed by atoms with Gasteiger partial charge in [0.15, 0.2) is 0 Å². The Bertz CT molecular complexity index is 377. The van der Waals surface area contributed by atoms with Gasteiger partial charge in [-0.1, -0.05) is 6.92 Å². The first-order chi connectivity index (χ1) is 9.15. The molecule has 0 radical (unpaired) electrons. The molecule has 19 heavy (non-hydrogen) atoms. The second-order valence-electron chi connectivity index (χ2n) is 4.79. The topological polar surface area (TPSA) is 55.3 Å². The summed E-state index contributed by atoms with van der Waals surface area (Å²) in [6.07, 6.45) is 5.06. The molecular weight excluding hydrogens is 242 g/mol. The fourth-order valence-corrected chi connectivity index (χ4v) is 1.88. The number of hydrogen-bond donors (Lipinski definition) is 2. The van der Waals surface area contributed by atoms with Gasteiger partial charge >= 0.3 is 0 Å². The number of amides is 1. The lowest BCUT2D eigenvalue weighted by atomic mass is 10.3. The fraction of sp³-hybridized carbons (Fsp3) is 0.643. The van der Waals surface area contributed by atoms with E-state index in [1.807, 2.05) is 30.0 Å². The van der Waals surface area contributed by atoms with Gasteiger partial charge in [0.05, 0.1) is 6.61 Å². The predicted octanol–water partition coefficient (Wildman–Crippen LogP) is 1.14. The summed E-state index contributed by atoms with van der Waals surface area (Å²) in [5, 5.41) is 6.23. The van der Waals surface area contributed by atoms with E-state index in [0.717, 1.165) is 19.5 Å². The molecule has 1 unspecified atom stereocenters. The Hall–Kier alpha value is -1.33. The predicted molar refractivity (Wildman–Crippen MR) is 75.9 cm³/mol. The molecule has 0 aliphatic rings. The molecule has 5 nitrogen and oxygen atoms in total. The summed E-state index contributed by atoms with van der Waals surface area (Å²) in [7, 11) is 1.63. The van der Waals surface area contributed by atoms with Crippen molar-refractivity contribution in [3.05, 3.63) is 24.0 Å². The highest BCUT2D eigenvalue weighted by Crippen LogP contribution is 2.01. The van der Waals surface area contributed by atoms with Crippen molar-refractivity contribution in [2.24, 2.45) is 0 Å². The number of methoxy groups -OCH3 is 1. The van der Waals surface area contributed by atoms with Crippen LogP contribution in [-0.2, 0) is 22.6 Å². The second kappa shape index (κ2) is 8.72. The van der Waals surface area contributed by atoms with Crippen molar-refractivity contribution in [3.8, 4) is 0 Å². The highest BCUT2D eigenvalue weighted by molar-refractivity contribution is 5.76. The summed E-state index contributed by atoms with van der Waals surface area (Å²) >= 11 is 0.